The molecule has 6 nitrogen and oxygen atoms in total. The van der Waals surface area contributed by atoms with E-state index in [1.807, 2.05) is 56.3 Å². The second-order valence-electron chi connectivity index (χ2n) is 7.89. The highest BCUT2D eigenvalue weighted by atomic mass is 32.2. The summed E-state index contributed by atoms with van der Waals surface area (Å²) in [5.74, 6) is -0.352. The molecule has 4 aromatic rings. The molecule has 2 heterocycles. The number of aromatic nitrogens is 2. The van der Waals surface area contributed by atoms with Gasteiger partial charge in [0.15, 0.2) is 0 Å². The SMILES string of the molecule is CCc1ccccc1NC(=O)CN(C)C(=O)C(C)Sc1ncnc2scc(-c3ccccc3)c12. The third-order valence-corrected chi connectivity index (χ3v) is 7.46. The van der Waals surface area contributed by atoms with Crippen molar-refractivity contribution in [3.63, 3.8) is 0 Å². The Hall–Kier alpha value is -3.23. The Bertz CT molecular complexity index is 1310. The van der Waals surface area contributed by atoms with E-state index in [0.717, 1.165) is 44.0 Å². The zero-order valence-corrected chi connectivity index (χ0v) is 21.0. The summed E-state index contributed by atoms with van der Waals surface area (Å²) in [6.45, 7) is 3.87. The summed E-state index contributed by atoms with van der Waals surface area (Å²) in [5, 5.41) is 6.31. The van der Waals surface area contributed by atoms with Gasteiger partial charge in [0.2, 0.25) is 11.8 Å². The van der Waals surface area contributed by atoms with E-state index in [-0.39, 0.29) is 18.4 Å². The number of thiophene rings is 1. The number of thioether (sulfide) groups is 1. The van der Waals surface area contributed by atoms with Crippen LogP contribution >= 0.6 is 23.1 Å². The van der Waals surface area contributed by atoms with Crippen molar-refractivity contribution in [3.05, 3.63) is 71.9 Å². The Kier molecular flexibility index (Phi) is 7.59. The lowest BCUT2D eigenvalue weighted by atomic mass is 10.1. The molecule has 2 aromatic heterocycles. The number of nitrogens with one attached hydrogen (secondary N) is 1. The zero-order chi connectivity index (χ0) is 24.1. The van der Waals surface area contributed by atoms with Crippen molar-refractivity contribution in [1.82, 2.24) is 14.9 Å². The average Bonchev–Trinajstić information content (AvgIpc) is 3.29. The van der Waals surface area contributed by atoms with E-state index in [1.165, 1.54) is 23.0 Å². The average molecular weight is 491 g/mol. The van der Waals surface area contributed by atoms with Crippen LogP contribution in [0.1, 0.15) is 19.4 Å². The number of hydrogen-bond acceptors (Lipinski definition) is 6. The number of carbonyl (C=O) groups is 2. The van der Waals surface area contributed by atoms with Crippen molar-refractivity contribution >= 4 is 50.8 Å². The molecule has 1 atom stereocenters. The lowest BCUT2D eigenvalue weighted by Gasteiger charge is -2.21. The predicted octanol–water partition coefficient (Wildman–Crippen LogP) is 5.50. The second-order valence-corrected chi connectivity index (χ2v) is 10.1. The van der Waals surface area contributed by atoms with Crippen LogP contribution in [-0.2, 0) is 16.0 Å². The van der Waals surface area contributed by atoms with Gasteiger partial charge >= 0.3 is 0 Å². The number of benzene rings is 2. The van der Waals surface area contributed by atoms with Gasteiger partial charge in [-0.05, 0) is 30.5 Å². The highest BCUT2D eigenvalue weighted by molar-refractivity contribution is 8.00. The van der Waals surface area contributed by atoms with Gasteiger partial charge in [-0.1, -0.05) is 67.2 Å². The van der Waals surface area contributed by atoms with Crippen LogP contribution in [0.5, 0.6) is 0 Å². The number of aryl methyl sites for hydroxylation is 1. The molecule has 0 saturated carbocycles. The molecule has 0 radical (unpaired) electrons. The largest absolute Gasteiger partial charge is 0.335 e. The Labute approximate surface area is 207 Å². The molecule has 174 valence electrons. The topological polar surface area (TPSA) is 75.2 Å². The van der Waals surface area contributed by atoms with Gasteiger partial charge in [0, 0.05) is 23.7 Å². The Morgan fingerprint density at radius 2 is 1.82 bits per heavy atom. The Morgan fingerprint density at radius 1 is 1.09 bits per heavy atom. The number of para-hydroxylation sites is 1. The summed E-state index contributed by atoms with van der Waals surface area (Å²) in [6.07, 6.45) is 2.36. The van der Waals surface area contributed by atoms with Gasteiger partial charge in [0.05, 0.1) is 17.2 Å². The molecule has 34 heavy (non-hydrogen) atoms. The number of rotatable bonds is 8. The smallest absolute Gasteiger partial charge is 0.243 e. The minimum absolute atomic E-state index is 0.0192. The standard InChI is InChI=1S/C26H26N4O2S2/c1-4-18-10-8-9-13-21(18)29-22(31)14-30(3)26(32)17(2)34-25-23-20(19-11-6-5-7-12-19)15-33-24(23)27-16-28-25/h5-13,15-17H,4,14H2,1-3H3,(H,29,31). The second kappa shape index (κ2) is 10.8. The molecule has 1 N–H and O–H groups in total. The fraction of sp³-hybridized carbons (Fsp3) is 0.231. The van der Waals surface area contributed by atoms with E-state index < -0.39 is 5.25 Å². The molecule has 0 aliphatic heterocycles. The molecule has 2 amide bonds. The van der Waals surface area contributed by atoms with Crippen LogP contribution in [0.3, 0.4) is 0 Å². The fourth-order valence-corrected chi connectivity index (χ4v) is 5.76. The minimum atomic E-state index is -0.414. The quantitative estimate of drug-likeness (QED) is 0.261. The van der Waals surface area contributed by atoms with E-state index in [4.69, 9.17) is 0 Å². The Morgan fingerprint density at radius 3 is 2.59 bits per heavy atom. The fourth-order valence-electron chi connectivity index (χ4n) is 3.73. The van der Waals surface area contributed by atoms with E-state index >= 15 is 0 Å². The van der Waals surface area contributed by atoms with Crippen LogP contribution in [-0.4, -0.2) is 45.5 Å². The van der Waals surface area contributed by atoms with Crippen LogP contribution in [0.15, 0.2) is 71.3 Å². The number of nitrogens with zero attached hydrogens (tertiary/aromatic N) is 3. The summed E-state index contributed by atoms with van der Waals surface area (Å²) in [7, 11) is 1.65. The first-order chi connectivity index (χ1) is 16.5. The summed E-state index contributed by atoms with van der Waals surface area (Å²) < 4.78 is 0. The summed E-state index contributed by atoms with van der Waals surface area (Å²) >= 11 is 2.96. The number of carbonyl (C=O) groups excluding carboxylic acids is 2. The van der Waals surface area contributed by atoms with E-state index in [9.17, 15) is 9.59 Å². The Balaban J connectivity index is 1.46. The van der Waals surface area contributed by atoms with Crippen LogP contribution in [0.4, 0.5) is 5.69 Å². The summed E-state index contributed by atoms with van der Waals surface area (Å²) in [6, 6.07) is 17.8. The number of likely N-dealkylation sites (N-methyl/N-ethyl adjacent to an activating group) is 1. The van der Waals surface area contributed by atoms with Gasteiger partial charge < -0.3 is 10.2 Å². The number of fused-ring (bicyclic) bond motifs is 1. The van der Waals surface area contributed by atoms with Crippen molar-refractivity contribution in [2.24, 2.45) is 0 Å². The first-order valence-corrected chi connectivity index (χ1v) is 12.8. The van der Waals surface area contributed by atoms with Crippen LogP contribution in [0.2, 0.25) is 0 Å². The van der Waals surface area contributed by atoms with Crippen molar-refractivity contribution in [2.45, 2.75) is 30.5 Å². The van der Waals surface area contributed by atoms with E-state index in [2.05, 4.69) is 32.8 Å². The number of amides is 2. The maximum Gasteiger partial charge on any atom is 0.243 e. The molecule has 1 unspecified atom stereocenters. The monoisotopic (exact) mass is 490 g/mol. The van der Waals surface area contributed by atoms with Crippen LogP contribution in [0, 0.1) is 0 Å². The maximum absolute atomic E-state index is 13.1. The predicted molar refractivity (Wildman–Crippen MR) is 140 cm³/mol. The van der Waals surface area contributed by atoms with Crippen LogP contribution in [0.25, 0.3) is 21.3 Å². The zero-order valence-electron chi connectivity index (χ0n) is 19.3. The normalized spacial score (nSPS) is 11.9. The first kappa shape index (κ1) is 23.9. The molecule has 2 aromatic carbocycles. The van der Waals surface area contributed by atoms with Crippen LogP contribution < -0.4 is 5.32 Å². The number of anilines is 1. The molecule has 0 aliphatic rings. The molecular formula is C26H26N4O2S2. The molecular weight excluding hydrogens is 464 g/mol. The highest BCUT2D eigenvalue weighted by Gasteiger charge is 2.23. The van der Waals surface area contributed by atoms with Gasteiger partial charge in [0.1, 0.15) is 16.2 Å². The van der Waals surface area contributed by atoms with Gasteiger partial charge in [-0.15, -0.1) is 11.3 Å². The summed E-state index contributed by atoms with van der Waals surface area (Å²) in [5.41, 5.74) is 4.00. The van der Waals surface area contributed by atoms with E-state index in [1.54, 1.807) is 18.4 Å². The van der Waals surface area contributed by atoms with Crippen molar-refractivity contribution in [1.29, 1.82) is 0 Å². The third-order valence-electron chi connectivity index (χ3n) is 5.49. The maximum atomic E-state index is 13.1. The number of hydrogen-bond donors (Lipinski definition) is 1. The lowest BCUT2D eigenvalue weighted by Crippen LogP contribution is -2.39. The molecule has 0 saturated heterocycles. The van der Waals surface area contributed by atoms with Gasteiger partial charge in [-0.3, -0.25) is 9.59 Å². The first-order valence-electron chi connectivity index (χ1n) is 11.0. The van der Waals surface area contributed by atoms with Gasteiger partial charge in [-0.25, -0.2) is 9.97 Å². The molecule has 0 bridgehead atoms. The van der Waals surface area contributed by atoms with Gasteiger partial charge in [-0.2, -0.15) is 0 Å². The molecule has 0 fully saturated rings. The molecule has 0 aliphatic carbocycles. The van der Waals surface area contributed by atoms with Gasteiger partial charge in [0.25, 0.3) is 0 Å². The third kappa shape index (κ3) is 5.29. The molecule has 4 rings (SSSR count). The van der Waals surface area contributed by atoms with Crippen molar-refractivity contribution in [3.8, 4) is 11.1 Å². The summed E-state index contributed by atoms with van der Waals surface area (Å²) in [4.78, 5) is 36.9. The van der Waals surface area contributed by atoms with Crippen molar-refractivity contribution < 1.29 is 9.59 Å². The minimum Gasteiger partial charge on any atom is -0.335 e. The molecule has 0 spiro atoms. The van der Waals surface area contributed by atoms with Crippen molar-refractivity contribution in [2.75, 3.05) is 18.9 Å². The highest BCUT2D eigenvalue weighted by Crippen LogP contribution is 2.39. The molecule has 8 heteroatoms. The lowest BCUT2D eigenvalue weighted by molar-refractivity contribution is -0.132. The van der Waals surface area contributed by atoms with E-state index in [0.29, 0.717) is 0 Å².